The van der Waals surface area contributed by atoms with E-state index in [1.54, 1.807) is 6.07 Å². The molecule has 1 atom stereocenters. The van der Waals surface area contributed by atoms with Gasteiger partial charge in [0.15, 0.2) is 16.8 Å². The number of fused-ring (bicyclic) bond motifs is 1. The third-order valence-corrected chi connectivity index (χ3v) is 5.45. The van der Waals surface area contributed by atoms with Crippen molar-refractivity contribution < 1.29 is 18.0 Å². The van der Waals surface area contributed by atoms with Gasteiger partial charge in [-0.15, -0.1) is 0 Å². The zero-order chi connectivity index (χ0) is 19.0. The Bertz CT molecular complexity index is 1010. The summed E-state index contributed by atoms with van der Waals surface area (Å²) in [6.45, 7) is 1.01. The number of anilines is 2. The second-order valence-corrected chi connectivity index (χ2v) is 7.39. The summed E-state index contributed by atoms with van der Waals surface area (Å²) < 4.78 is 41.4. The lowest BCUT2D eigenvalue weighted by atomic mass is 9.97. The number of nitrogens with one attached hydrogen (secondary N) is 1. The molecular weight excluding hydrogens is 377 g/mol. The summed E-state index contributed by atoms with van der Waals surface area (Å²) in [7, 11) is 0. The largest absolute Gasteiger partial charge is 0.368 e. The second-order valence-electron chi connectivity index (χ2n) is 6.35. The number of rotatable bonds is 3. The summed E-state index contributed by atoms with van der Waals surface area (Å²) in [4.78, 5) is 22.2. The summed E-state index contributed by atoms with van der Waals surface area (Å²) in [5.74, 6) is -2.51. The highest BCUT2D eigenvalue weighted by atomic mass is 32.1. The first-order valence-corrected chi connectivity index (χ1v) is 9.24. The molecule has 3 aromatic rings. The first-order valence-electron chi connectivity index (χ1n) is 8.42. The van der Waals surface area contributed by atoms with E-state index in [1.165, 1.54) is 12.3 Å². The van der Waals surface area contributed by atoms with Crippen LogP contribution in [0.3, 0.4) is 0 Å². The van der Waals surface area contributed by atoms with Gasteiger partial charge in [0, 0.05) is 25.4 Å². The van der Waals surface area contributed by atoms with Crippen LogP contribution in [0.5, 0.6) is 0 Å². The highest BCUT2D eigenvalue weighted by Crippen LogP contribution is 2.30. The summed E-state index contributed by atoms with van der Waals surface area (Å²) in [6.07, 6.45) is 4.05. The summed E-state index contributed by atoms with van der Waals surface area (Å²) in [6, 6.07) is 3.52. The molecule has 1 saturated heterocycles. The number of aromatic nitrogens is 2. The first kappa shape index (κ1) is 17.7. The number of hydrogen-bond acceptors (Lipinski definition) is 5. The van der Waals surface area contributed by atoms with Crippen LogP contribution in [0, 0.1) is 23.4 Å². The summed E-state index contributed by atoms with van der Waals surface area (Å²) in [5, 5.41) is 2.90. The molecule has 0 saturated carbocycles. The van der Waals surface area contributed by atoms with E-state index in [4.69, 9.17) is 0 Å². The molecule has 0 aliphatic carbocycles. The average molecular weight is 392 g/mol. The first-order chi connectivity index (χ1) is 13.0. The van der Waals surface area contributed by atoms with Crippen molar-refractivity contribution in [3.8, 4) is 0 Å². The smallest absolute Gasteiger partial charge is 0.231 e. The van der Waals surface area contributed by atoms with E-state index in [9.17, 15) is 18.0 Å². The van der Waals surface area contributed by atoms with Gasteiger partial charge in [0.1, 0.15) is 11.3 Å². The zero-order valence-electron chi connectivity index (χ0n) is 14.1. The van der Waals surface area contributed by atoms with Gasteiger partial charge < -0.3 is 10.2 Å². The lowest BCUT2D eigenvalue weighted by Crippen LogP contribution is -2.41. The Morgan fingerprint density at radius 1 is 1.26 bits per heavy atom. The van der Waals surface area contributed by atoms with Crippen molar-refractivity contribution >= 4 is 38.3 Å². The Balaban J connectivity index is 1.50. The number of amides is 1. The monoisotopic (exact) mass is 392 g/mol. The fourth-order valence-electron chi connectivity index (χ4n) is 3.25. The number of hydrogen-bond donors (Lipinski definition) is 1. The molecule has 5 nitrogen and oxygen atoms in total. The molecule has 1 amide bonds. The predicted octanol–water partition coefficient (Wildman–Crippen LogP) is 3.96. The van der Waals surface area contributed by atoms with Gasteiger partial charge in [-0.1, -0.05) is 11.3 Å². The molecule has 1 fully saturated rings. The van der Waals surface area contributed by atoms with E-state index in [-0.39, 0.29) is 22.5 Å². The van der Waals surface area contributed by atoms with Crippen molar-refractivity contribution in [2.45, 2.75) is 12.8 Å². The fourth-order valence-corrected chi connectivity index (χ4v) is 4.16. The van der Waals surface area contributed by atoms with Crippen LogP contribution in [0.1, 0.15) is 12.8 Å². The van der Waals surface area contributed by atoms with E-state index in [0.29, 0.717) is 29.9 Å². The normalized spacial score (nSPS) is 17.3. The molecular formula is C18H15F3N4OS. The topological polar surface area (TPSA) is 58.1 Å². The van der Waals surface area contributed by atoms with Gasteiger partial charge >= 0.3 is 0 Å². The molecule has 140 valence electrons. The van der Waals surface area contributed by atoms with Crippen molar-refractivity contribution in [2.75, 3.05) is 23.3 Å². The van der Waals surface area contributed by atoms with Gasteiger partial charge in [-0.05, 0) is 25.0 Å². The molecule has 9 heteroatoms. The molecule has 3 heterocycles. The van der Waals surface area contributed by atoms with E-state index in [2.05, 4.69) is 15.3 Å². The van der Waals surface area contributed by atoms with Crippen molar-refractivity contribution in [1.82, 2.24) is 9.97 Å². The number of benzene rings is 1. The standard InChI is InChI=1S/C18H15F3N4OS/c19-11-6-12(20)16-15(7-11)27-18(23-16)24-17(26)10-2-1-5-25(9-10)14-3-4-22-8-13(14)21/h3-4,6-8,10H,1-2,5,9H2,(H,23,24,26). The highest BCUT2D eigenvalue weighted by Gasteiger charge is 2.28. The molecule has 0 radical (unpaired) electrons. The Hall–Kier alpha value is -2.68. The van der Waals surface area contributed by atoms with Crippen LogP contribution < -0.4 is 10.2 Å². The van der Waals surface area contributed by atoms with E-state index in [1.807, 2.05) is 4.90 Å². The predicted molar refractivity (Wildman–Crippen MR) is 97.3 cm³/mol. The van der Waals surface area contributed by atoms with Crippen LogP contribution >= 0.6 is 11.3 Å². The number of carbonyl (C=O) groups is 1. The Morgan fingerprint density at radius 2 is 2.11 bits per heavy atom. The average Bonchev–Trinajstić information content (AvgIpc) is 3.05. The van der Waals surface area contributed by atoms with Gasteiger partial charge in [-0.25, -0.2) is 18.2 Å². The molecule has 1 aliphatic heterocycles. The number of pyridine rings is 1. The van der Waals surface area contributed by atoms with Crippen molar-refractivity contribution in [3.05, 3.63) is 48.0 Å². The fraction of sp³-hybridized carbons (Fsp3) is 0.278. The Morgan fingerprint density at radius 3 is 2.93 bits per heavy atom. The van der Waals surface area contributed by atoms with Crippen molar-refractivity contribution in [1.29, 1.82) is 0 Å². The quantitative estimate of drug-likeness (QED) is 0.733. The Labute approximate surface area is 156 Å². The zero-order valence-corrected chi connectivity index (χ0v) is 14.9. The molecule has 1 aromatic carbocycles. The number of nitrogens with zero attached hydrogens (tertiary/aromatic N) is 3. The summed E-state index contributed by atoms with van der Waals surface area (Å²) in [5.41, 5.74) is 0.445. The third kappa shape index (κ3) is 3.59. The lowest BCUT2D eigenvalue weighted by molar-refractivity contribution is -0.120. The molecule has 0 spiro atoms. The van der Waals surface area contributed by atoms with E-state index < -0.39 is 17.5 Å². The minimum absolute atomic E-state index is 0.0285. The van der Waals surface area contributed by atoms with Crippen LogP contribution in [-0.2, 0) is 4.79 Å². The summed E-state index contributed by atoms with van der Waals surface area (Å²) >= 11 is 1.01. The minimum atomic E-state index is -0.765. The molecule has 27 heavy (non-hydrogen) atoms. The van der Waals surface area contributed by atoms with Crippen LogP contribution in [0.15, 0.2) is 30.6 Å². The molecule has 4 rings (SSSR count). The van der Waals surface area contributed by atoms with E-state index in [0.717, 1.165) is 30.0 Å². The highest BCUT2D eigenvalue weighted by molar-refractivity contribution is 7.22. The SMILES string of the molecule is O=C(Nc1nc2c(F)cc(F)cc2s1)C1CCCN(c2ccncc2F)C1. The van der Waals surface area contributed by atoms with Crippen LogP contribution in [0.25, 0.3) is 10.2 Å². The maximum atomic E-state index is 14.0. The molecule has 1 unspecified atom stereocenters. The van der Waals surface area contributed by atoms with Crippen LogP contribution in [0.2, 0.25) is 0 Å². The number of halogens is 3. The van der Waals surface area contributed by atoms with Gasteiger partial charge in [0.2, 0.25) is 5.91 Å². The van der Waals surface area contributed by atoms with Gasteiger partial charge in [-0.2, -0.15) is 0 Å². The molecule has 2 aromatic heterocycles. The maximum Gasteiger partial charge on any atom is 0.231 e. The Kier molecular flexibility index (Phi) is 4.69. The minimum Gasteiger partial charge on any atom is -0.368 e. The van der Waals surface area contributed by atoms with Crippen molar-refractivity contribution in [3.63, 3.8) is 0 Å². The van der Waals surface area contributed by atoms with Gasteiger partial charge in [0.25, 0.3) is 0 Å². The van der Waals surface area contributed by atoms with Gasteiger partial charge in [-0.3, -0.25) is 9.78 Å². The van der Waals surface area contributed by atoms with Gasteiger partial charge in [0.05, 0.1) is 22.5 Å². The third-order valence-electron chi connectivity index (χ3n) is 4.53. The molecule has 0 bridgehead atoms. The lowest BCUT2D eigenvalue weighted by Gasteiger charge is -2.33. The maximum absolute atomic E-state index is 14.0. The van der Waals surface area contributed by atoms with E-state index >= 15 is 0 Å². The van der Waals surface area contributed by atoms with Crippen LogP contribution in [-0.4, -0.2) is 29.0 Å². The van der Waals surface area contributed by atoms with Crippen LogP contribution in [0.4, 0.5) is 24.0 Å². The molecule has 1 aliphatic rings. The number of carbonyl (C=O) groups excluding carboxylic acids is 1. The second kappa shape index (κ2) is 7.15. The van der Waals surface area contributed by atoms with Crippen molar-refractivity contribution in [2.24, 2.45) is 5.92 Å². The number of thiazole rings is 1. The molecule has 1 N–H and O–H groups in total. The number of piperidine rings is 1.